The van der Waals surface area contributed by atoms with E-state index in [4.69, 9.17) is 10.1 Å². The number of rotatable bonds is 6. The molecule has 1 aliphatic carbocycles. The van der Waals surface area contributed by atoms with E-state index in [0.717, 1.165) is 30.9 Å². The molecule has 1 heterocycles. The van der Waals surface area contributed by atoms with Gasteiger partial charge in [-0.05, 0) is 78.6 Å². The van der Waals surface area contributed by atoms with Crippen LogP contribution in [-0.4, -0.2) is 27.0 Å². The molecule has 2 atom stereocenters. The first-order valence-electron chi connectivity index (χ1n) is 11.4. The van der Waals surface area contributed by atoms with Crippen LogP contribution < -0.4 is 10.1 Å². The van der Waals surface area contributed by atoms with Crippen molar-refractivity contribution >= 4 is 34.7 Å². The molecule has 35 heavy (non-hydrogen) atoms. The van der Waals surface area contributed by atoms with Gasteiger partial charge in [-0.2, -0.15) is 0 Å². The standard InChI is InChI=1S/C26H28F3N3O3/c1-16-12-19(15-25(2,3)14-16)32-22-10-4-17(5-11-23(33)34)13-21(22)31-24(32)30-18-6-8-20(9-7-18)35-26(27,28)29/h4-11,13,16,19H,12,14-15H2,1-3H3,(H,30,31)(H,33,34). The number of alkyl halides is 3. The third-order valence-electron chi connectivity index (χ3n) is 6.20. The molecule has 4 rings (SSSR count). The minimum atomic E-state index is -4.75. The van der Waals surface area contributed by atoms with E-state index in [9.17, 15) is 18.0 Å². The van der Waals surface area contributed by atoms with Crippen molar-refractivity contribution in [3.8, 4) is 5.75 Å². The van der Waals surface area contributed by atoms with E-state index in [2.05, 4.69) is 35.4 Å². The lowest BCUT2D eigenvalue weighted by atomic mass is 9.70. The number of halogens is 3. The molecule has 0 bridgehead atoms. The van der Waals surface area contributed by atoms with Gasteiger partial charge in [0.2, 0.25) is 5.95 Å². The van der Waals surface area contributed by atoms with Crippen LogP contribution in [0.2, 0.25) is 0 Å². The molecule has 0 radical (unpaired) electrons. The van der Waals surface area contributed by atoms with Crippen LogP contribution in [0, 0.1) is 11.3 Å². The molecule has 2 N–H and O–H groups in total. The van der Waals surface area contributed by atoms with E-state index in [1.165, 1.54) is 30.3 Å². The number of carboxylic acids is 1. The van der Waals surface area contributed by atoms with Crippen molar-refractivity contribution in [1.82, 2.24) is 9.55 Å². The van der Waals surface area contributed by atoms with Crippen LogP contribution in [0.4, 0.5) is 24.8 Å². The molecule has 0 saturated heterocycles. The summed E-state index contributed by atoms with van der Waals surface area (Å²) < 4.78 is 43.6. The fraction of sp³-hybridized carbons (Fsp3) is 0.385. The van der Waals surface area contributed by atoms with Crippen LogP contribution in [0.15, 0.2) is 48.5 Å². The molecule has 1 fully saturated rings. The van der Waals surface area contributed by atoms with Crippen molar-refractivity contribution in [1.29, 1.82) is 0 Å². The second-order valence-corrected chi connectivity index (χ2v) is 9.99. The number of imidazole rings is 1. The van der Waals surface area contributed by atoms with E-state index >= 15 is 0 Å². The third kappa shape index (κ3) is 6.15. The maximum Gasteiger partial charge on any atom is 0.573 e. The number of carboxylic acid groups (broad SMARTS) is 1. The number of carbonyl (C=O) groups is 1. The lowest BCUT2D eigenvalue weighted by Gasteiger charge is -2.40. The maximum absolute atomic E-state index is 12.5. The Kier molecular flexibility index (Phi) is 6.53. The lowest BCUT2D eigenvalue weighted by Crippen LogP contribution is -2.29. The molecule has 1 saturated carbocycles. The molecule has 2 unspecified atom stereocenters. The molecule has 2 aromatic carbocycles. The van der Waals surface area contributed by atoms with Crippen LogP contribution in [0.25, 0.3) is 17.1 Å². The van der Waals surface area contributed by atoms with Gasteiger partial charge >= 0.3 is 12.3 Å². The van der Waals surface area contributed by atoms with Crippen LogP contribution in [-0.2, 0) is 4.79 Å². The first-order valence-corrected chi connectivity index (χ1v) is 11.4. The quantitative estimate of drug-likeness (QED) is 0.361. The number of ether oxygens (including phenoxy) is 1. The van der Waals surface area contributed by atoms with E-state index in [-0.39, 0.29) is 17.2 Å². The number of hydrogen-bond acceptors (Lipinski definition) is 4. The molecule has 9 heteroatoms. The van der Waals surface area contributed by atoms with Gasteiger partial charge in [0.15, 0.2) is 0 Å². The van der Waals surface area contributed by atoms with Crippen molar-refractivity contribution < 1.29 is 27.8 Å². The summed E-state index contributed by atoms with van der Waals surface area (Å²) in [7, 11) is 0. The average molecular weight is 488 g/mol. The zero-order chi connectivity index (χ0) is 25.4. The summed E-state index contributed by atoms with van der Waals surface area (Å²) in [6.07, 6.45) is 0.898. The first kappa shape index (κ1) is 24.6. The fourth-order valence-corrected chi connectivity index (χ4v) is 5.21. The highest BCUT2D eigenvalue weighted by molar-refractivity contribution is 5.87. The van der Waals surface area contributed by atoms with Gasteiger partial charge in [0, 0.05) is 17.8 Å². The number of aliphatic carboxylic acids is 1. The Morgan fingerprint density at radius 2 is 1.91 bits per heavy atom. The molecule has 0 spiro atoms. The highest BCUT2D eigenvalue weighted by Crippen LogP contribution is 2.46. The number of hydrogen-bond donors (Lipinski definition) is 2. The number of nitrogens with zero attached hydrogens (tertiary/aromatic N) is 2. The fourth-order valence-electron chi connectivity index (χ4n) is 5.21. The zero-order valence-corrected chi connectivity index (χ0v) is 19.8. The smallest absolute Gasteiger partial charge is 0.478 e. The van der Waals surface area contributed by atoms with Crippen LogP contribution >= 0.6 is 0 Å². The summed E-state index contributed by atoms with van der Waals surface area (Å²) in [6.45, 7) is 6.76. The molecule has 0 aliphatic heterocycles. The second-order valence-electron chi connectivity index (χ2n) is 9.99. The van der Waals surface area contributed by atoms with E-state index in [0.29, 0.717) is 28.6 Å². The van der Waals surface area contributed by atoms with Gasteiger partial charge in [-0.1, -0.05) is 26.8 Å². The van der Waals surface area contributed by atoms with Crippen molar-refractivity contribution in [2.45, 2.75) is 52.4 Å². The van der Waals surface area contributed by atoms with Gasteiger partial charge in [-0.3, -0.25) is 0 Å². The molecule has 0 amide bonds. The average Bonchev–Trinajstić information content (AvgIpc) is 3.08. The Balaban J connectivity index is 1.73. The topological polar surface area (TPSA) is 76.4 Å². The van der Waals surface area contributed by atoms with E-state index in [1.807, 2.05) is 18.2 Å². The molecular weight excluding hydrogens is 459 g/mol. The Hall–Kier alpha value is -3.49. The monoisotopic (exact) mass is 487 g/mol. The summed E-state index contributed by atoms with van der Waals surface area (Å²) in [5, 5.41) is 12.2. The summed E-state index contributed by atoms with van der Waals surface area (Å²) >= 11 is 0. The molecule has 1 aliphatic rings. The Labute approximate surface area is 201 Å². The van der Waals surface area contributed by atoms with Crippen molar-refractivity contribution in [2.75, 3.05) is 5.32 Å². The Bertz CT molecular complexity index is 1250. The SMILES string of the molecule is CC1CC(n2c(Nc3ccc(OC(F)(F)F)cc3)nc3cc(C=CC(=O)O)ccc32)CC(C)(C)C1. The van der Waals surface area contributed by atoms with Crippen LogP contribution in [0.5, 0.6) is 5.75 Å². The summed E-state index contributed by atoms with van der Waals surface area (Å²) in [6, 6.07) is 11.3. The van der Waals surface area contributed by atoms with Gasteiger partial charge in [0.05, 0.1) is 11.0 Å². The highest BCUT2D eigenvalue weighted by atomic mass is 19.4. The summed E-state index contributed by atoms with van der Waals surface area (Å²) in [5.41, 5.74) is 3.05. The zero-order valence-electron chi connectivity index (χ0n) is 19.8. The third-order valence-corrected chi connectivity index (χ3v) is 6.20. The van der Waals surface area contributed by atoms with Gasteiger partial charge in [0.25, 0.3) is 0 Å². The molecule has 3 aromatic rings. The summed E-state index contributed by atoms with van der Waals surface area (Å²) in [4.78, 5) is 15.7. The highest BCUT2D eigenvalue weighted by Gasteiger charge is 2.35. The molecule has 6 nitrogen and oxygen atoms in total. The maximum atomic E-state index is 12.5. The predicted molar refractivity (Wildman–Crippen MR) is 129 cm³/mol. The van der Waals surface area contributed by atoms with Crippen molar-refractivity contribution in [3.05, 3.63) is 54.1 Å². The Morgan fingerprint density at radius 3 is 2.54 bits per heavy atom. The van der Waals surface area contributed by atoms with E-state index in [1.54, 1.807) is 0 Å². The largest absolute Gasteiger partial charge is 0.573 e. The number of fused-ring (bicyclic) bond motifs is 1. The van der Waals surface area contributed by atoms with Crippen LogP contribution in [0.1, 0.15) is 51.6 Å². The van der Waals surface area contributed by atoms with Crippen LogP contribution in [0.3, 0.4) is 0 Å². The number of nitrogens with one attached hydrogen (secondary N) is 1. The van der Waals surface area contributed by atoms with Gasteiger partial charge in [-0.25, -0.2) is 9.78 Å². The van der Waals surface area contributed by atoms with Gasteiger partial charge < -0.3 is 19.7 Å². The lowest BCUT2D eigenvalue weighted by molar-refractivity contribution is -0.274. The van der Waals surface area contributed by atoms with Crippen molar-refractivity contribution in [3.63, 3.8) is 0 Å². The van der Waals surface area contributed by atoms with Gasteiger partial charge in [0.1, 0.15) is 5.75 Å². The van der Waals surface area contributed by atoms with E-state index < -0.39 is 12.3 Å². The van der Waals surface area contributed by atoms with Crippen molar-refractivity contribution in [2.24, 2.45) is 11.3 Å². The summed E-state index contributed by atoms with van der Waals surface area (Å²) in [5.74, 6) is -0.229. The molecule has 186 valence electrons. The minimum absolute atomic E-state index is 0.150. The normalized spacial score (nSPS) is 20.3. The Morgan fingerprint density at radius 1 is 1.20 bits per heavy atom. The number of aromatic nitrogens is 2. The number of benzene rings is 2. The minimum Gasteiger partial charge on any atom is -0.478 e. The number of anilines is 2. The first-order chi connectivity index (χ1) is 16.4. The predicted octanol–water partition coefficient (Wildman–Crippen LogP) is 7.16. The molecule has 1 aromatic heterocycles. The van der Waals surface area contributed by atoms with Gasteiger partial charge in [-0.15, -0.1) is 13.2 Å². The molecular formula is C26H28F3N3O3. The second kappa shape index (κ2) is 9.28.